The summed E-state index contributed by atoms with van der Waals surface area (Å²) < 4.78 is 9.95. The number of piperidine rings is 1. The molecule has 10 heteroatoms. The highest BCUT2D eigenvalue weighted by molar-refractivity contribution is 7.98. The van der Waals surface area contributed by atoms with E-state index < -0.39 is 0 Å². The molecule has 2 aliphatic heterocycles. The number of hydrogen-bond acceptors (Lipinski definition) is 8. The predicted octanol–water partition coefficient (Wildman–Crippen LogP) is 2.96. The minimum atomic E-state index is 0.229. The average Bonchev–Trinajstić information content (AvgIpc) is 3.56. The summed E-state index contributed by atoms with van der Waals surface area (Å²) in [5.41, 5.74) is 0.951. The van der Waals surface area contributed by atoms with Gasteiger partial charge >= 0.3 is 0 Å². The second-order valence-corrected chi connectivity index (χ2v) is 9.27. The summed E-state index contributed by atoms with van der Waals surface area (Å²) in [6.45, 7) is 6.02. The molecule has 1 aromatic carbocycles. The third-order valence-electron chi connectivity index (χ3n) is 6.04. The Kier molecular flexibility index (Phi) is 6.17. The van der Waals surface area contributed by atoms with Crippen molar-refractivity contribution in [3.8, 4) is 5.69 Å². The second-order valence-electron chi connectivity index (χ2n) is 8.33. The largest absolute Gasteiger partial charge is 0.376 e. The highest BCUT2D eigenvalue weighted by Crippen LogP contribution is 2.29. The summed E-state index contributed by atoms with van der Waals surface area (Å²) in [5, 5.41) is 22.3. The Hall–Kier alpha value is -2.46. The predicted molar refractivity (Wildman–Crippen MR) is 118 cm³/mol. The van der Waals surface area contributed by atoms with E-state index in [-0.39, 0.29) is 6.10 Å². The van der Waals surface area contributed by atoms with Gasteiger partial charge in [-0.15, -0.1) is 15.3 Å². The van der Waals surface area contributed by atoms with Gasteiger partial charge in [0, 0.05) is 19.7 Å². The van der Waals surface area contributed by atoms with E-state index in [4.69, 9.17) is 4.74 Å². The van der Waals surface area contributed by atoms with Crippen LogP contribution in [0.1, 0.15) is 38.4 Å². The van der Waals surface area contributed by atoms with Gasteiger partial charge in [0.15, 0.2) is 11.0 Å². The molecule has 5 rings (SSSR count). The van der Waals surface area contributed by atoms with Crippen molar-refractivity contribution < 1.29 is 4.74 Å². The average molecular weight is 441 g/mol. The number of tetrazole rings is 1. The maximum absolute atomic E-state index is 5.93. The zero-order valence-electron chi connectivity index (χ0n) is 17.8. The quantitative estimate of drug-likeness (QED) is 0.518. The molecular formula is C21H28N8OS. The Morgan fingerprint density at radius 2 is 1.90 bits per heavy atom. The van der Waals surface area contributed by atoms with Gasteiger partial charge in [-0.25, -0.2) is 0 Å². The van der Waals surface area contributed by atoms with Gasteiger partial charge in [-0.1, -0.05) is 36.9 Å². The van der Waals surface area contributed by atoms with E-state index in [9.17, 15) is 0 Å². The Morgan fingerprint density at radius 1 is 1.06 bits per heavy atom. The van der Waals surface area contributed by atoms with Gasteiger partial charge in [-0.2, -0.15) is 4.68 Å². The number of ether oxygens (including phenoxy) is 1. The lowest BCUT2D eigenvalue weighted by molar-refractivity contribution is 0.0951. The number of para-hydroxylation sites is 1. The molecule has 2 aliphatic rings. The smallest absolute Gasteiger partial charge is 0.228 e. The van der Waals surface area contributed by atoms with Crippen LogP contribution in [0.5, 0.6) is 0 Å². The number of benzene rings is 1. The standard InChI is InChI=1S/C21H28N8OS/c1-16-9-11-27(12-10-16)20-23-24-21(28(20)14-18-8-5-13-30-18)31-15-19-22-25-26-29(19)17-6-3-2-4-7-17/h2-4,6-7,16,18H,5,8-15H2,1H3. The molecule has 0 radical (unpaired) electrons. The van der Waals surface area contributed by atoms with Crippen LogP contribution in [0, 0.1) is 5.92 Å². The highest BCUT2D eigenvalue weighted by Gasteiger charge is 2.26. The molecule has 0 saturated carbocycles. The van der Waals surface area contributed by atoms with Crippen LogP contribution in [0.15, 0.2) is 35.5 Å². The van der Waals surface area contributed by atoms with E-state index in [1.807, 2.05) is 30.3 Å². The fraction of sp³-hybridized carbons (Fsp3) is 0.571. The van der Waals surface area contributed by atoms with Gasteiger partial charge < -0.3 is 9.64 Å². The van der Waals surface area contributed by atoms with E-state index in [1.165, 1.54) is 12.8 Å². The lowest BCUT2D eigenvalue weighted by Gasteiger charge is -2.31. The molecule has 2 fully saturated rings. The first-order chi connectivity index (χ1) is 15.3. The van der Waals surface area contributed by atoms with Crippen molar-refractivity contribution >= 4 is 17.7 Å². The van der Waals surface area contributed by atoms with E-state index in [0.717, 1.165) is 67.6 Å². The molecular weight excluding hydrogens is 412 g/mol. The third-order valence-corrected chi connectivity index (χ3v) is 7.00. The van der Waals surface area contributed by atoms with E-state index >= 15 is 0 Å². The normalized spacial score (nSPS) is 19.9. The van der Waals surface area contributed by atoms with Crippen LogP contribution >= 0.6 is 11.8 Å². The zero-order valence-corrected chi connectivity index (χ0v) is 18.6. The molecule has 0 amide bonds. The molecule has 4 heterocycles. The number of rotatable bonds is 7. The summed E-state index contributed by atoms with van der Waals surface area (Å²) in [4.78, 5) is 2.38. The summed E-state index contributed by atoms with van der Waals surface area (Å²) in [5.74, 6) is 3.14. The van der Waals surface area contributed by atoms with Gasteiger partial charge in [-0.05, 0) is 54.2 Å². The van der Waals surface area contributed by atoms with Gasteiger partial charge in [0.2, 0.25) is 5.95 Å². The lowest BCUT2D eigenvalue weighted by atomic mass is 10.00. The van der Waals surface area contributed by atoms with E-state index in [2.05, 4.69) is 42.1 Å². The maximum Gasteiger partial charge on any atom is 0.228 e. The zero-order chi connectivity index (χ0) is 21.0. The Morgan fingerprint density at radius 3 is 2.68 bits per heavy atom. The molecule has 0 spiro atoms. The van der Waals surface area contributed by atoms with E-state index in [1.54, 1.807) is 16.4 Å². The Labute approximate surface area is 186 Å². The van der Waals surface area contributed by atoms with Crippen LogP contribution in [0.2, 0.25) is 0 Å². The first kappa shape index (κ1) is 20.4. The first-order valence-electron chi connectivity index (χ1n) is 11.0. The summed E-state index contributed by atoms with van der Waals surface area (Å²) >= 11 is 1.63. The van der Waals surface area contributed by atoms with Crippen molar-refractivity contribution in [3.63, 3.8) is 0 Å². The minimum Gasteiger partial charge on any atom is -0.376 e. The van der Waals surface area contributed by atoms with Gasteiger partial charge in [-0.3, -0.25) is 4.57 Å². The van der Waals surface area contributed by atoms with Crippen LogP contribution in [0.3, 0.4) is 0 Å². The Balaban J connectivity index is 1.36. The molecule has 31 heavy (non-hydrogen) atoms. The summed E-state index contributed by atoms with van der Waals surface area (Å²) in [6.07, 6.45) is 4.83. The molecule has 0 N–H and O–H groups in total. The first-order valence-corrected chi connectivity index (χ1v) is 12.0. The van der Waals surface area contributed by atoms with Crippen molar-refractivity contribution in [1.82, 2.24) is 35.0 Å². The van der Waals surface area contributed by atoms with Crippen LogP contribution in [-0.4, -0.2) is 60.8 Å². The van der Waals surface area contributed by atoms with E-state index in [0.29, 0.717) is 5.75 Å². The number of aromatic nitrogens is 7. The SMILES string of the molecule is CC1CCN(c2nnc(SCc3nnnn3-c3ccccc3)n2CC2CCCO2)CC1. The molecule has 3 aromatic rings. The Bertz CT molecular complexity index is 976. The fourth-order valence-electron chi connectivity index (χ4n) is 4.18. The van der Waals surface area contributed by atoms with Crippen LogP contribution in [0.25, 0.3) is 5.69 Å². The number of anilines is 1. The van der Waals surface area contributed by atoms with Crippen LogP contribution < -0.4 is 4.90 Å². The van der Waals surface area contributed by atoms with Crippen molar-refractivity contribution in [2.24, 2.45) is 5.92 Å². The van der Waals surface area contributed by atoms with Crippen molar-refractivity contribution in [3.05, 3.63) is 36.2 Å². The van der Waals surface area contributed by atoms with Crippen molar-refractivity contribution in [1.29, 1.82) is 0 Å². The second kappa shape index (κ2) is 9.35. The van der Waals surface area contributed by atoms with Gasteiger partial charge in [0.05, 0.1) is 24.1 Å². The van der Waals surface area contributed by atoms with Crippen LogP contribution in [0.4, 0.5) is 5.95 Å². The molecule has 1 atom stereocenters. The topological polar surface area (TPSA) is 86.8 Å². The van der Waals surface area contributed by atoms with Crippen molar-refractivity contribution in [2.45, 2.75) is 56.2 Å². The summed E-state index contributed by atoms with van der Waals surface area (Å²) in [6, 6.07) is 9.95. The number of hydrogen-bond donors (Lipinski definition) is 0. The van der Waals surface area contributed by atoms with Crippen molar-refractivity contribution in [2.75, 3.05) is 24.6 Å². The van der Waals surface area contributed by atoms with Crippen LogP contribution in [-0.2, 0) is 17.0 Å². The monoisotopic (exact) mass is 440 g/mol. The molecule has 2 saturated heterocycles. The molecule has 0 bridgehead atoms. The maximum atomic E-state index is 5.93. The third kappa shape index (κ3) is 4.59. The molecule has 9 nitrogen and oxygen atoms in total. The molecule has 164 valence electrons. The molecule has 1 unspecified atom stereocenters. The molecule has 0 aliphatic carbocycles. The van der Waals surface area contributed by atoms with Gasteiger partial charge in [0.1, 0.15) is 0 Å². The summed E-state index contributed by atoms with van der Waals surface area (Å²) in [7, 11) is 0. The molecule has 2 aromatic heterocycles. The lowest BCUT2D eigenvalue weighted by Crippen LogP contribution is -2.35. The number of nitrogens with zero attached hydrogens (tertiary/aromatic N) is 8. The van der Waals surface area contributed by atoms with Gasteiger partial charge in [0.25, 0.3) is 0 Å². The minimum absolute atomic E-state index is 0.229. The number of thioether (sulfide) groups is 1. The highest BCUT2D eigenvalue weighted by atomic mass is 32.2. The fourth-order valence-corrected chi connectivity index (χ4v) is 5.03.